The second-order valence-electron chi connectivity index (χ2n) is 1.95. The molecule has 0 amide bonds. The van der Waals surface area contributed by atoms with Crippen molar-refractivity contribution in [1.29, 1.82) is 0 Å². The Hall–Kier alpha value is -0.440. The molecule has 0 aromatic carbocycles. The lowest BCUT2D eigenvalue weighted by atomic mass is 10.1. The number of hydrogen-bond acceptors (Lipinski definition) is 2. The Morgan fingerprint density at radius 1 is 1.75 bits per heavy atom. The van der Waals surface area contributed by atoms with Gasteiger partial charge in [0.25, 0.3) is 0 Å². The fourth-order valence-corrected chi connectivity index (χ4v) is 0.690. The fraction of sp³-hybridized carbons (Fsp3) is 0.800. The molecule has 0 radical (unpaired) electrons. The van der Waals surface area contributed by atoms with E-state index < -0.39 is 6.30 Å². The summed E-state index contributed by atoms with van der Waals surface area (Å²) in [4.78, 5) is 3.49. The van der Waals surface area contributed by atoms with Gasteiger partial charge >= 0.3 is 0 Å². The molecule has 2 N–H and O–H groups in total. The van der Waals surface area contributed by atoms with Gasteiger partial charge in [0.15, 0.2) is 0 Å². The molecular weight excluding hydrogens is 107 g/mol. The second-order valence-corrected chi connectivity index (χ2v) is 1.95. The zero-order valence-corrected chi connectivity index (χ0v) is 4.55. The van der Waals surface area contributed by atoms with Gasteiger partial charge in [-0.15, -0.1) is 0 Å². The lowest BCUT2D eigenvalue weighted by Gasteiger charge is -2.15. The van der Waals surface area contributed by atoms with Gasteiger partial charge < -0.3 is 5.73 Å². The summed E-state index contributed by atoms with van der Waals surface area (Å²) in [5.74, 6) is 0. The van der Waals surface area contributed by atoms with Gasteiger partial charge in [0, 0.05) is 6.21 Å². The number of halogens is 1. The average molecular weight is 116 g/mol. The molecule has 0 saturated heterocycles. The van der Waals surface area contributed by atoms with Crippen LogP contribution in [0.4, 0.5) is 4.39 Å². The molecule has 2 unspecified atom stereocenters. The number of rotatable bonds is 0. The summed E-state index contributed by atoms with van der Waals surface area (Å²) in [6, 6.07) is -0.361. The molecular formula is C5H9FN2. The van der Waals surface area contributed by atoms with Gasteiger partial charge in [0.1, 0.15) is 0 Å². The standard InChI is InChI=1S/C5H9FN2/c6-5-4(7)2-1-3-8-5/h3-5H,1-2,7H2. The normalized spacial score (nSPS) is 37.8. The van der Waals surface area contributed by atoms with Crippen molar-refractivity contribution in [3.63, 3.8) is 0 Å². The van der Waals surface area contributed by atoms with E-state index in [1.54, 1.807) is 6.21 Å². The Labute approximate surface area is 47.6 Å². The summed E-state index contributed by atoms with van der Waals surface area (Å²) in [6.45, 7) is 0. The van der Waals surface area contributed by atoms with E-state index >= 15 is 0 Å². The van der Waals surface area contributed by atoms with Crippen LogP contribution in [-0.4, -0.2) is 18.6 Å². The fourth-order valence-electron chi connectivity index (χ4n) is 0.690. The van der Waals surface area contributed by atoms with E-state index in [4.69, 9.17) is 5.73 Å². The van der Waals surface area contributed by atoms with Crippen molar-refractivity contribution in [3.05, 3.63) is 0 Å². The molecule has 1 rings (SSSR count). The van der Waals surface area contributed by atoms with E-state index in [1.807, 2.05) is 0 Å². The Kier molecular flexibility index (Phi) is 1.58. The molecule has 1 aliphatic rings. The van der Waals surface area contributed by atoms with Crippen LogP contribution in [0.3, 0.4) is 0 Å². The summed E-state index contributed by atoms with van der Waals surface area (Å²) < 4.78 is 12.3. The lowest BCUT2D eigenvalue weighted by molar-refractivity contribution is 0.277. The molecule has 0 bridgehead atoms. The van der Waals surface area contributed by atoms with Crippen LogP contribution in [0.1, 0.15) is 12.8 Å². The predicted molar refractivity (Wildman–Crippen MR) is 30.6 cm³/mol. The first-order valence-corrected chi connectivity index (χ1v) is 2.72. The quantitative estimate of drug-likeness (QED) is 0.459. The van der Waals surface area contributed by atoms with Gasteiger partial charge in [0.05, 0.1) is 6.04 Å². The lowest BCUT2D eigenvalue weighted by Crippen LogP contribution is -2.32. The minimum atomic E-state index is -1.15. The van der Waals surface area contributed by atoms with E-state index in [0.29, 0.717) is 0 Å². The van der Waals surface area contributed by atoms with Gasteiger partial charge in [-0.3, -0.25) is 4.99 Å². The zero-order valence-electron chi connectivity index (χ0n) is 4.55. The van der Waals surface area contributed by atoms with Crippen molar-refractivity contribution in [1.82, 2.24) is 0 Å². The zero-order chi connectivity index (χ0) is 5.98. The molecule has 0 aliphatic carbocycles. The number of nitrogens with two attached hydrogens (primary N) is 1. The van der Waals surface area contributed by atoms with Crippen LogP contribution < -0.4 is 5.73 Å². The molecule has 8 heavy (non-hydrogen) atoms. The number of hydrogen-bond donors (Lipinski definition) is 1. The molecule has 0 saturated carbocycles. The third kappa shape index (κ3) is 1.04. The maximum atomic E-state index is 12.3. The summed E-state index contributed by atoms with van der Waals surface area (Å²) >= 11 is 0. The maximum absolute atomic E-state index is 12.3. The van der Waals surface area contributed by atoms with Crippen molar-refractivity contribution in [3.8, 4) is 0 Å². The van der Waals surface area contributed by atoms with E-state index in [0.717, 1.165) is 12.8 Å². The third-order valence-electron chi connectivity index (χ3n) is 1.23. The third-order valence-corrected chi connectivity index (χ3v) is 1.23. The highest BCUT2D eigenvalue weighted by Gasteiger charge is 2.16. The van der Waals surface area contributed by atoms with E-state index in [2.05, 4.69) is 4.99 Å². The highest BCUT2D eigenvalue weighted by atomic mass is 19.1. The topological polar surface area (TPSA) is 38.4 Å². The van der Waals surface area contributed by atoms with Crippen molar-refractivity contribution in [2.75, 3.05) is 0 Å². The Balaban J connectivity index is 2.47. The first-order valence-electron chi connectivity index (χ1n) is 2.72. The molecule has 1 heterocycles. The van der Waals surface area contributed by atoms with E-state index in [-0.39, 0.29) is 6.04 Å². The van der Waals surface area contributed by atoms with Crippen molar-refractivity contribution >= 4 is 6.21 Å². The molecule has 46 valence electrons. The first kappa shape index (κ1) is 5.69. The largest absolute Gasteiger partial charge is 0.324 e. The molecule has 0 aromatic rings. The molecule has 3 heteroatoms. The number of alkyl halides is 1. The van der Waals surface area contributed by atoms with Crippen LogP contribution in [0.15, 0.2) is 4.99 Å². The summed E-state index contributed by atoms with van der Waals surface area (Å²) in [6.07, 6.45) is 1.99. The highest BCUT2D eigenvalue weighted by Crippen LogP contribution is 2.08. The van der Waals surface area contributed by atoms with Crippen molar-refractivity contribution in [2.45, 2.75) is 25.2 Å². The summed E-state index contributed by atoms with van der Waals surface area (Å²) in [5, 5.41) is 0. The van der Waals surface area contributed by atoms with Crippen LogP contribution in [0.2, 0.25) is 0 Å². The highest BCUT2D eigenvalue weighted by molar-refractivity contribution is 5.58. The monoisotopic (exact) mass is 116 g/mol. The van der Waals surface area contributed by atoms with Crippen LogP contribution >= 0.6 is 0 Å². The molecule has 0 aromatic heterocycles. The van der Waals surface area contributed by atoms with Crippen LogP contribution in [0.25, 0.3) is 0 Å². The molecule has 2 nitrogen and oxygen atoms in total. The van der Waals surface area contributed by atoms with Gasteiger partial charge in [0.2, 0.25) is 6.30 Å². The van der Waals surface area contributed by atoms with Crippen molar-refractivity contribution in [2.24, 2.45) is 10.7 Å². The summed E-state index contributed by atoms with van der Waals surface area (Å²) in [7, 11) is 0. The molecule has 0 spiro atoms. The second kappa shape index (κ2) is 2.22. The van der Waals surface area contributed by atoms with Gasteiger partial charge in [-0.25, -0.2) is 4.39 Å². The maximum Gasteiger partial charge on any atom is 0.204 e. The Morgan fingerprint density at radius 2 is 2.50 bits per heavy atom. The van der Waals surface area contributed by atoms with Crippen molar-refractivity contribution < 1.29 is 4.39 Å². The Bertz CT molecular complexity index is 103. The molecule has 1 aliphatic heterocycles. The minimum Gasteiger partial charge on any atom is -0.324 e. The van der Waals surface area contributed by atoms with Gasteiger partial charge in [-0.1, -0.05) is 0 Å². The number of nitrogens with zero attached hydrogens (tertiary/aromatic N) is 1. The number of aliphatic imine (C=N–C) groups is 1. The smallest absolute Gasteiger partial charge is 0.204 e. The minimum absolute atomic E-state index is 0.361. The average Bonchev–Trinajstić information content (AvgIpc) is 1.77. The summed E-state index contributed by atoms with van der Waals surface area (Å²) in [5.41, 5.74) is 5.29. The molecule has 0 fully saturated rings. The van der Waals surface area contributed by atoms with Crippen LogP contribution in [-0.2, 0) is 0 Å². The van der Waals surface area contributed by atoms with Crippen LogP contribution in [0, 0.1) is 0 Å². The first-order chi connectivity index (χ1) is 3.80. The van der Waals surface area contributed by atoms with Gasteiger partial charge in [-0.05, 0) is 12.8 Å². The SMILES string of the molecule is NC1CCC=NC1F. The molecule has 2 atom stereocenters. The van der Waals surface area contributed by atoms with E-state index in [9.17, 15) is 4.39 Å². The Morgan fingerprint density at radius 3 is 2.88 bits per heavy atom. The predicted octanol–water partition coefficient (Wildman–Crippen LogP) is 0.474. The van der Waals surface area contributed by atoms with E-state index in [1.165, 1.54) is 0 Å². The van der Waals surface area contributed by atoms with Crippen LogP contribution in [0.5, 0.6) is 0 Å². The van der Waals surface area contributed by atoms with Gasteiger partial charge in [-0.2, -0.15) is 0 Å².